The van der Waals surface area contributed by atoms with Crippen molar-refractivity contribution >= 4 is 16.0 Å². The first kappa shape index (κ1) is 27.0. The van der Waals surface area contributed by atoms with E-state index in [1.807, 2.05) is 45.9 Å². The van der Waals surface area contributed by atoms with E-state index in [0.29, 0.717) is 0 Å². The summed E-state index contributed by atoms with van der Waals surface area (Å²) < 4.78 is 44.3. The van der Waals surface area contributed by atoms with Gasteiger partial charge in [-0.1, -0.05) is 6.07 Å². The van der Waals surface area contributed by atoms with Gasteiger partial charge in [0.05, 0.1) is 17.1 Å². The van der Waals surface area contributed by atoms with Gasteiger partial charge in [0.25, 0.3) is 16.0 Å². The Balaban J connectivity index is 1.61. The Labute approximate surface area is 208 Å². The lowest BCUT2D eigenvalue weighted by atomic mass is 10.0. The van der Waals surface area contributed by atoms with Crippen LogP contribution in [-0.4, -0.2) is 55.1 Å². The highest BCUT2D eigenvalue weighted by Crippen LogP contribution is 2.27. The minimum atomic E-state index is -4.38. The molecule has 3 rings (SSSR count). The molecule has 35 heavy (non-hydrogen) atoms. The van der Waals surface area contributed by atoms with Gasteiger partial charge in [0.15, 0.2) is 0 Å². The van der Waals surface area contributed by atoms with Crippen molar-refractivity contribution in [1.82, 2.24) is 10.2 Å². The van der Waals surface area contributed by atoms with Crippen molar-refractivity contribution in [1.29, 1.82) is 0 Å². The van der Waals surface area contributed by atoms with Crippen LogP contribution in [0.1, 0.15) is 62.0 Å². The normalized spacial score (nSPS) is 15.4. The van der Waals surface area contributed by atoms with Crippen molar-refractivity contribution in [2.24, 2.45) is 0 Å². The van der Waals surface area contributed by atoms with Crippen LogP contribution in [0, 0.1) is 6.92 Å². The van der Waals surface area contributed by atoms with Gasteiger partial charge in [0.2, 0.25) is 0 Å². The molecule has 0 radical (unpaired) electrons. The second-order valence-corrected chi connectivity index (χ2v) is 11.0. The molecule has 0 spiro atoms. The molecule has 192 valence electrons. The van der Waals surface area contributed by atoms with E-state index in [9.17, 15) is 17.8 Å². The Morgan fingerprint density at radius 1 is 1.06 bits per heavy atom. The Kier molecular flexibility index (Phi) is 8.79. The minimum absolute atomic E-state index is 0.0111. The number of likely N-dealkylation sites (tertiary alicyclic amines) is 1. The fraction of sp³-hybridized carbons (Fsp3) is 0.500. The van der Waals surface area contributed by atoms with Gasteiger partial charge in [-0.15, -0.1) is 0 Å². The zero-order valence-electron chi connectivity index (χ0n) is 21.1. The van der Waals surface area contributed by atoms with Crippen molar-refractivity contribution in [3.8, 4) is 11.5 Å². The number of amides is 1. The summed E-state index contributed by atoms with van der Waals surface area (Å²) in [6.07, 6.45) is 1.69. The number of rotatable bonds is 9. The molecule has 0 bridgehead atoms. The van der Waals surface area contributed by atoms with Crippen LogP contribution >= 0.6 is 0 Å². The molecule has 0 aromatic heterocycles. The first-order valence-corrected chi connectivity index (χ1v) is 13.4. The number of benzene rings is 2. The predicted molar refractivity (Wildman–Crippen MR) is 135 cm³/mol. The van der Waals surface area contributed by atoms with Gasteiger partial charge in [-0.05, 0) is 82.9 Å². The van der Waals surface area contributed by atoms with Gasteiger partial charge < -0.3 is 14.8 Å². The van der Waals surface area contributed by atoms with E-state index in [4.69, 9.17) is 9.47 Å². The lowest BCUT2D eigenvalue weighted by molar-refractivity contribution is 0.0908. The third-order valence-corrected chi connectivity index (χ3v) is 6.82. The maximum atomic E-state index is 12.8. The van der Waals surface area contributed by atoms with Gasteiger partial charge in [-0.3, -0.25) is 14.2 Å². The van der Waals surface area contributed by atoms with Crippen LogP contribution in [0.25, 0.3) is 0 Å². The van der Waals surface area contributed by atoms with Gasteiger partial charge in [0, 0.05) is 37.3 Å². The molecule has 2 aromatic rings. The summed E-state index contributed by atoms with van der Waals surface area (Å²) in [7, 11) is -4.38. The van der Waals surface area contributed by atoms with Crippen molar-refractivity contribution < 1.29 is 27.2 Å². The number of hydrogen-bond donors (Lipinski definition) is 2. The molecule has 1 aliphatic rings. The number of carbonyl (C=O) groups excluding carboxylic acids is 1. The second-order valence-electron chi connectivity index (χ2n) is 9.57. The van der Waals surface area contributed by atoms with Crippen molar-refractivity contribution in [3.63, 3.8) is 0 Å². The van der Waals surface area contributed by atoms with Crippen LogP contribution < -0.4 is 14.8 Å². The zero-order chi connectivity index (χ0) is 25.8. The molecule has 8 nitrogen and oxygen atoms in total. The highest BCUT2D eigenvalue weighted by Gasteiger charge is 2.24. The standard InChI is InChI=1S/C26H36N2O6S/c1-17(2)33-22-13-20(14-23(15-22)34-18(3)4)16-28-11-9-21(10-12-28)27-26(29)24-7-6-8-25(19(24)5)35(30,31)32/h6-8,13-15,17-18,21H,9-12,16H2,1-5H3,(H,27,29)(H,30,31,32). The Hall–Kier alpha value is -2.62. The molecule has 1 heterocycles. The van der Waals surface area contributed by atoms with E-state index in [1.54, 1.807) is 6.07 Å². The molecule has 9 heteroatoms. The van der Waals surface area contributed by atoms with Gasteiger partial charge in [0.1, 0.15) is 11.5 Å². The Bertz CT molecular complexity index is 1110. The van der Waals surface area contributed by atoms with E-state index in [1.165, 1.54) is 19.1 Å². The summed E-state index contributed by atoms with van der Waals surface area (Å²) in [6.45, 7) is 11.9. The number of piperidine rings is 1. The predicted octanol–water partition coefficient (Wildman–Crippen LogP) is 4.21. The van der Waals surface area contributed by atoms with E-state index in [2.05, 4.69) is 10.2 Å². The summed E-state index contributed by atoms with van der Waals surface area (Å²) in [4.78, 5) is 14.9. The largest absolute Gasteiger partial charge is 0.491 e. The molecule has 2 aromatic carbocycles. The summed E-state index contributed by atoms with van der Waals surface area (Å²) in [5, 5.41) is 3.02. The van der Waals surface area contributed by atoms with Crippen LogP contribution in [0.15, 0.2) is 41.3 Å². The maximum absolute atomic E-state index is 12.8. The fourth-order valence-corrected chi connectivity index (χ4v) is 5.05. The first-order chi connectivity index (χ1) is 16.4. The van der Waals surface area contributed by atoms with Crippen molar-refractivity contribution in [3.05, 3.63) is 53.1 Å². The molecular formula is C26H36N2O6S. The zero-order valence-corrected chi connectivity index (χ0v) is 21.9. The van der Waals surface area contributed by atoms with Gasteiger partial charge >= 0.3 is 0 Å². The quantitative estimate of drug-likeness (QED) is 0.493. The van der Waals surface area contributed by atoms with E-state index >= 15 is 0 Å². The second kappa shape index (κ2) is 11.4. The van der Waals surface area contributed by atoms with Crippen LogP contribution in [-0.2, 0) is 16.7 Å². The first-order valence-electron chi connectivity index (χ1n) is 12.0. The highest BCUT2D eigenvalue weighted by atomic mass is 32.2. The topological polar surface area (TPSA) is 105 Å². The van der Waals surface area contributed by atoms with E-state index in [-0.39, 0.29) is 40.2 Å². The lowest BCUT2D eigenvalue weighted by Crippen LogP contribution is -2.44. The molecule has 1 amide bonds. The lowest BCUT2D eigenvalue weighted by Gasteiger charge is -2.32. The molecule has 0 aliphatic carbocycles. The number of nitrogens with one attached hydrogen (secondary N) is 1. The molecule has 0 saturated carbocycles. The number of hydrogen-bond acceptors (Lipinski definition) is 6. The van der Waals surface area contributed by atoms with E-state index < -0.39 is 10.1 Å². The van der Waals surface area contributed by atoms with Crippen molar-refractivity contribution in [2.75, 3.05) is 13.1 Å². The van der Waals surface area contributed by atoms with Gasteiger partial charge in [-0.25, -0.2) is 0 Å². The molecule has 0 atom stereocenters. The van der Waals surface area contributed by atoms with E-state index in [0.717, 1.165) is 49.5 Å². The summed E-state index contributed by atoms with van der Waals surface area (Å²) in [6, 6.07) is 10.3. The van der Waals surface area contributed by atoms with Gasteiger partial charge in [-0.2, -0.15) is 8.42 Å². The molecule has 1 fully saturated rings. The molecular weight excluding hydrogens is 468 g/mol. The van der Waals surface area contributed by atoms with Crippen LogP contribution in [0.4, 0.5) is 0 Å². The summed E-state index contributed by atoms with van der Waals surface area (Å²) in [5.74, 6) is 1.25. The monoisotopic (exact) mass is 504 g/mol. The third kappa shape index (κ3) is 7.68. The maximum Gasteiger partial charge on any atom is 0.294 e. The van der Waals surface area contributed by atoms with Crippen LogP contribution in [0.3, 0.4) is 0 Å². The van der Waals surface area contributed by atoms with Crippen LogP contribution in [0.5, 0.6) is 11.5 Å². The average Bonchev–Trinajstić information content (AvgIpc) is 2.73. The molecule has 1 saturated heterocycles. The number of carbonyl (C=O) groups is 1. The number of ether oxygens (including phenoxy) is 2. The third-order valence-electron chi connectivity index (χ3n) is 5.82. The molecule has 0 unspecified atom stereocenters. The smallest absolute Gasteiger partial charge is 0.294 e. The number of nitrogens with zero attached hydrogens (tertiary/aromatic N) is 1. The highest BCUT2D eigenvalue weighted by molar-refractivity contribution is 7.85. The summed E-state index contributed by atoms with van der Waals surface area (Å²) >= 11 is 0. The molecule has 2 N–H and O–H groups in total. The Morgan fingerprint density at radius 3 is 2.14 bits per heavy atom. The SMILES string of the molecule is Cc1c(C(=O)NC2CCN(Cc3cc(OC(C)C)cc(OC(C)C)c3)CC2)cccc1S(=O)(=O)O. The Morgan fingerprint density at radius 2 is 1.63 bits per heavy atom. The molecule has 1 aliphatic heterocycles. The fourth-order valence-electron chi connectivity index (χ4n) is 4.30. The van der Waals surface area contributed by atoms with Crippen molar-refractivity contribution in [2.45, 2.75) is 77.2 Å². The summed E-state index contributed by atoms with van der Waals surface area (Å²) in [5.41, 5.74) is 1.61. The average molecular weight is 505 g/mol. The van der Waals surface area contributed by atoms with Crippen LogP contribution in [0.2, 0.25) is 0 Å². The minimum Gasteiger partial charge on any atom is -0.491 e.